The van der Waals surface area contributed by atoms with Crippen LogP contribution in [0.3, 0.4) is 0 Å². The Labute approximate surface area is 119 Å². The second-order valence-electron chi connectivity index (χ2n) is 4.86. The van der Waals surface area contributed by atoms with Crippen molar-refractivity contribution < 1.29 is 0 Å². The van der Waals surface area contributed by atoms with Gasteiger partial charge in [0.25, 0.3) is 0 Å². The van der Waals surface area contributed by atoms with E-state index in [0.29, 0.717) is 4.99 Å². The molecule has 1 aromatic rings. The van der Waals surface area contributed by atoms with E-state index in [2.05, 4.69) is 36.7 Å². The Bertz CT molecular complexity index is 448. The highest BCUT2D eigenvalue weighted by Gasteiger charge is 2.35. The summed E-state index contributed by atoms with van der Waals surface area (Å²) in [4.78, 5) is 1.63. The standard InChI is InChI=1S/C14H20N2S2/c1-3-14(8-5-9-14)16-10-6-4-7-11(18-2)12(10)13(15)17/h4,6-7,16H,3,5,8-9H2,1-2H3,(H2,15,17). The van der Waals surface area contributed by atoms with Crippen LogP contribution in [0, 0.1) is 0 Å². The average molecular weight is 280 g/mol. The van der Waals surface area contributed by atoms with E-state index in [0.717, 1.165) is 22.6 Å². The molecule has 0 aliphatic heterocycles. The summed E-state index contributed by atoms with van der Waals surface area (Å²) >= 11 is 6.90. The Kier molecular flexibility index (Phi) is 4.17. The highest BCUT2D eigenvalue weighted by atomic mass is 32.2. The Hall–Kier alpha value is -0.740. The molecule has 1 fully saturated rings. The molecule has 2 rings (SSSR count). The molecule has 0 heterocycles. The smallest absolute Gasteiger partial charge is 0.107 e. The molecule has 0 saturated heterocycles. The summed E-state index contributed by atoms with van der Waals surface area (Å²) in [7, 11) is 0. The van der Waals surface area contributed by atoms with E-state index in [1.54, 1.807) is 11.8 Å². The van der Waals surface area contributed by atoms with Crippen LogP contribution in [0.5, 0.6) is 0 Å². The monoisotopic (exact) mass is 280 g/mol. The SMILES string of the molecule is CCC1(Nc2cccc(SC)c2C(N)=S)CCC1. The van der Waals surface area contributed by atoms with Crippen molar-refractivity contribution in [1.82, 2.24) is 0 Å². The van der Waals surface area contributed by atoms with Gasteiger partial charge in [-0.25, -0.2) is 0 Å². The second-order valence-corrected chi connectivity index (χ2v) is 6.15. The third-order valence-corrected chi connectivity index (χ3v) is 4.86. The van der Waals surface area contributed by atoms with Crippen LogP contribution in [0.25, 0.3) is 0 Å². The third-order valence-electron chi connectivity index (χ3n) is 3.88. The molecule has 1 aromatic carbocycles. The Morgan fingerprint density at radius 2 is 2.22 bits per heavy atom. The van der Waals surface area contributed by atoms with Crippen molar-refractivity contribution in [3.8, 4) is 0 Å². The number of anilines is 1. The van der Waals surface area contributed by atoms with Crippen LogP contribution in [0.2, 0.25) is 0 Å². The van der Waals surface area contributed by atoms with Gasteiger partial charge in [-0.3, -0.25) is 0 Å². The van der Waals surface area contributed by atoms with Crippen molar-refractivity contribution in [3.63, 3.8) is 0 Å². The maximum atomic E-state index is 5.89. The fourth-order valence-electron chi connectivity index (χ4n) is 2.52. The number of nitrogens with one attached hydrogen (secondary N) is 1. The normalized spacial score (nSPS) is 17.0. The molecule has 1 saturated carbocycles. The molecule has 2 nitrogen and oxygen atoms in total. The van der Waals surface area contributed by atoms with E-state index < -0.39 is 0 Å². The maximum absolute atomic E-state index is 5.89. The maximum Gasteiger partial charge on any atom is 0.107 e. The molecule has 0 amide bonds. The first-order valence-corrected chi connectivity index (χ1v) is 8.00. The molecule has 3 N–H and O–H groups in total. The van der Waals surface area contributed by atoms with Gasteiger partial charge in [0, 0.05) is 21.7 Å². The van der Waals surface area contributed by atoms with Gasteiger partial charge in [-0.05, 0) is 44.1 Å². The lowest BCUT2D eigenvalue weighted by Gasteiger charge is -2.43. The Morgan fingerprint density at radius 1 is 1.50 bits per heavy atom. The van der Waals surface area contributed by atoms with E-state index in [4.69, 9.17) is 18.0 Å². The number of nitrogens with two attached hydrogens (primary N) is 1. The summed E-state index contributed by atoms with van der Waals surface area (Å²) < 4.78 is 0. The Morgan fingerprint density at radius 3 is 2.67 bits per heavy atom. The fraction of sp³-hybridized carbons (Fsp3) is 0.500. The van der Waals surface area contributed by atoms with Gasteiger partial charge in [-0.1, -0.05) is 25.2 Å². The van der Waals surface area contributed by atoms with Crippen LogP contribution in [0.15, 0.2) is 23.1 Å². The summed E-state index contributed by atoms with van der Waals surface area (Å²) in [5, 5.41) is 3.69. The van der Waals surface area contributed by atoms with Crippen LogP contribution in [0.1, 0.15) is 38.2 Å². The molecule has 1 aliphatic rings. The minimum absolute atomic E-state index is 0.260. The lowest BCUT2D eigenvalue weighted by atomic mass is 9.74. The highest BCUT2D eigenvalue weighted by Crippen LogP contribution is 2.39. The van der Waals surface area contributed by atoms with E-state index in [-0.39, 0.29) is 5.54 Å². The van der Waals surface area contributed by atoms with Gasteiger partial charge in [0.1, 0.15) is 4.99 Å². The van der Waals surface area contributed by atoms with Gasteiger partial charge in [0.2, 0.25) is 0 Å². The highest BCUT2D eigenvalue weighted by molar-refractivity contribution is 7.98. The van der Waals surface area contributed by atoms with Crippen LogP contribution in [0.4, 0.5) is 5.69 Å². The van der Waals surface area contributed by atoms with Crippen molar-refractivity contribution in [1.29, 1.82) is 0 Å². The number of rotatable bonds is 5. The average Bonchev–Trinajstić information content (AvgIpc) is 2.33. The molecule has 0 unspecified atom stereocenters. The summed E-state index contributed by atoms with van der Waals surface area (Å²) in [6.45, 7) is 2.24. The lowest BCUT2D eigenvalue weighted by Crippen LogP contribution is -2.44. The lowest BCUT2D eigenvalue weighted by molar-refractivity contribution is 0.269. The van der Waals surface area contributed by atoms with Crippen molar-refractivity contribution in [2.75, 3.05) is 11.6 Å². The molecule has 0 bridgehead atoms. The number of benzene rings is 1. The van der Waals surface area contributed by atoms with Gasteiger partial charge >= 0.3 is 0 Å². The van der Waals surface area contributed by atoms with E-state index in [1.807, 2.05) is 0 Å². The first-order valence-electron chi connectivity index (χ1n) is 6.37. The summed E-state index contributed by atoms with van der Waals surface area (Å²) in [5.74, 6) is 0. The zero-order chi connectivity index (χ0) is 13.2. The molecule has 0 aromatic heterocycles. The van der Waals surface area contributed by atoms with Gasteiger partial charge < -0.3 is 11.1 Å². The van der Waals surface area contributed by atoms with Crippen LogP contribution in [-0.4, -0.2) is 16.8 Å². The number of hydrogen-bond acceptors (Lipinski definition) is 3. The van der Waals surface area contributed by atoms with E-state index in [9.17, 15) is 0 Å². The molecule has 1 aliphatic carbocycles. The molecular formula is C14H20N2S2. The van der Waals surface area contributed by atoms with Crippen molar-refractivity contribution >= 4 is 34.7 Å². The molecule has 18 heavy (non-hydrogen) atoms. The van der Waals surface area contributed by atoms with Gasteiger partial charge in [0.05, 0.1) is 0 Å². The number of thiocarbonyl (C=S) groups is 1. The number of hydrogen-bond donors (Lipinski definition) is 2. The minimum atomic E-state index is 0.260. The number of thioether (sulfide) groups is 1. The van der Waals surface area contributed by atoms with E-state index in [1.165, 1.54) is 19.3 Å². The molecule has 0 radical (unpaired) electrons. The second kappa shape index (κ2) is 5.49. The summed E-state index contributed by atoms with van der Waals surface area (Å²) in [6, 6.07) is 6.23. The molecular weight excluding hydrogens is 260 g/mol. The van der Waals surface area contributed by atoms with Crippen LogP contribution < -0.4 is 11.1 Å². The third kappa shape index (κ3) is 2.50. The van der Waals surface area contributed by atoms with Crippen molar-refractivity contribution in [3.05, 3.63) is 23.8 Å². The van der Waals surface area contributed by atoms with Crippen molar-refractivity contribution in [2.45, 2.75) is 43.0 Å². The van der Waals surface area contributed by atoms with Crippen LogP contribution in [-0.2, 0) is 0 Å². The Balaban J connectivity index is 2.35. The van der Waals surface area contributed by atoms with Gasteiger partial charge in [-0.15, -0.1) is 11.8 Å². The molecule has 98 valence electrons. The summed E-state index contributed by atoms with van der Waals surface area (Å²) in [5.41, 5.74) is 8.24. The summed E-state index contributed by atoms with van der Waals surface area (Å²) in [6.07, 6.45) is 6.99. The zero-order valence-electron chi connectivity index (χ0n) is 11.0. The fourth-order valence-corrected chi connectivity index (χ4v) is 3.44. The van der Waals surface area contributed by atoms with Gasteiger partial charge in [0.15, 0.2) is 0 Å². The van der Waals surface area contributed by atoms with Gasteiger partial charge in [-0.2, -0.15) is 0 Å². The molecule has 0 spiro atoms. The zero-order valence-corrected chi connectivity index (χ0v) is 12.6. The van der Waals surface area contributed by atoms with E-state index >= 15 is 0 Å². The van der Waals surface area contributed by atoms with Crippen LogP contribution >= 0.6 is 24.0 Å². The molecule has 0 atom stereocenters. The van der Waals surface area contributed by atoms with Crippen molar-refractivity contribution in [2.24, 2.45) is 5.73 Å². The quantitative estimate of drug-likeness (QED) is 0.636. The minimum Gasteiger partial charge on any atom is -0.389 e. The first kappa shape index (κ1) is 13.7. The first-order chi connectivity index (χ1) is 8.62. The predicted molar refractivity (Wildman–Crippen MR) is 84.6 cm³/mol. The topological polar surface area (TPSA) is 38.0 Å². The predicted octanol–water partition coefficient (Wildman–Crippen LogP) is 3.79. The largest absolute Gasteiger partial charge is 0.389 e. The molecule has 4 heteroatoms.